The summed E-state index contributed by atoms with van der Waals surface area (Å²) in [6.45, 7) is 4.15. The van der Waals surface area contributed by atoms with Gasteiger partial charge in [0.25, 0.3) is 5.91 Å². The van der Waals surface area contributed by atoms with Crippen LogP contribution in [-0.4, -0.2) is 35.9 Å². The van der Waals surface area contributed by atoms with Gasteiger partial charge in [-0.05, 0) is 32.0 Å². The predicted octanol–water partition coefficient (Wildman–Crippen LogP) is 2.48. The Morgan fingerprint density at radius 2 is 1.91 bits per heavy atom. The van der Waals surface area contributed by atoms with Crippen molar-refractivity contribution in [3.8, 4) is 0 Å². The number of carbonyl (C=O) groups excluding carboxylic acids is 2. The van der Waals surface area contributed by atoms with E-state index in [2.05, 4.69) is 10.2 Å². The highest BCUT2D eigenvalue weighted by molar-refractivity contribution is 5.99. The number of amides is 1. The molecule has 0 spiro atoms. The highest BCUT2D eigenvalue weighted by Gasteiger charge is 2.16. The van der Waals surface area contributed by atoms with E-state index in [9.17, 15) is 9.59 Å². The van der Waals surface area contributed by atoms with Gasteiger partial charge in [0, 0.05) is 44.1 Å². The van der Waals surface area contributed by atoms with Crippen molar-refractivity contribution >= 4 is 17.4 Å². The summed E-state index contributed by atoms with van der Waals surface area (Å²) in [5, 5.41) is 2.98. The van der Waals surface area contributed by atoms with Crippen molar-refractivity contribution in [1.29, 1.82) is 0 Å². The van der Waals surface area contributed by atoms with Crippen LogP contribution >= 0.6 is 0 Å². The van der Waals surface area contributed by atoms with E-state index in [1.165, 1.54) is 6.92 Å². The first-order valence-electron chi connectivity index (χ1n) is 7.63. The van der Waals surface area contributed by atoms with Gasteiger partial charge in [-0.25, -0.2) is 0 Å². The molecule has 0 unspecified atom stereocenters. The Bertz CT molecular complexity index is 692. The van der Waals surface area contributed by atoms with Crippen LogP contribution in [0.2, 0.25) is 0 Å². The van der Waals surface area contributed by atoms with Gasteiger partial charge in [0.15, 0.2) is 5.78 Å². The molecule has 1 N–H and O–H groups in total. The molecule has 0 aliphatic heterocycles. The molecule has 2 rings (SSSR count). The Hall–Kier alpha value is -2.56. The van der Waals surface area contributed by atoms with Gasteiger partial charge in [-0.1, -0.05) is 18.2 Å². The van der Waals surface area contributed by atoms with E-state index in [1.54, 1.807) is 23.9 Å². The monoisotopic (exact) mass is 313 g/mol. The Morgan fingerprint density at radius 1 is 1.26 bits per heavy atom. The van der Waals surface area contributed by atoms with E-state index in [0.29, 0.717) is 17.8 Å². The van der Waals surface area contributed by atoms with Crippen molar-refractivity contribution in [2.45, 2.75) is 19.9 Å². The number of hydrogen-bond acceptors (Lipinski definition) is 3. The van der Waals surface area contributed by atoms with Crippen molar-refractivity contribution in [1.82, 2.24) is 9.88 Å². The lowest BCUT2D eigenvalue weighted by atomic mass is 10.2. The van der Waals surface area contributed by atoms with Crippen LogP contribution in [0.1, 0.15) is 34.7 Å². The molecule has 0 bridgehead atoms. The lowest BCUT2D eigenvalue weighted by Crippen LogP contribution is -2.41. The molecule has 122 valence electrons. The SMILES string of the molecule is CC(=O)c1cc(C(=O)N[C@@H](C)CN(C)c2ccccc2)n(C)c1. The van der Waals surface area contributed by atoms with Crippen LogP contribution in [0, 0.1) is 0 Å². The predicted molar refractivity (Wildman–Crippen MR) is 92.1 cm³/mol. The van der Waals surface area contributed by atoms with Crippen LogP contribution in [0.15, 0.2) is 42.6 Å². The Kier molecular flexibility index (Phi) is 5.21. The number of para-hydroxylation sites is 1. The van der Waals surface area contributed by atoms with Crippen LogP contribution in [-0.2, 0) is 7.05 Å². The third-order valence-electron chi connectivity index (χ3n) is 3.77. The molecule has 2 aromatic rings. The zero-order valence-electron chi connectivity index (χ0n) is 14.0. The summed E-state index contributed by atoms with van der Waals surface area (Å²) in [6, 6.07) is 11.6. The average Bonchev–Trinajstić information content (AvgIpc) is 2.90. The number of rotatable bonds is 6. The third-order valence-corrected chi connectivity index (χ3v) is 3.77. The molecule has 1 atom stereocenters. The lowest BCUT2D eigenvalue weighted by molar-refractivity contribution is 0.0932. The number of Topliss-reactive ketones (excluding diaryl/α,β-unsaturated/α-hetero) is 1. The number of carbonyl (C=O) groups is 2. The first kappa shape index (κ1) is 16.8. The zero-order chi connectivity index (χ0) is 17.0. The second-order valence-electron chi connectivity index (χ2n) is 5.87. The van der Waals surface area contributed by atoms with Crippen molar-refractivity contribution in [2.24, 2.45) is 7.05 Å². The van der Waals surface area contributed by atoms with Gasteiger partial charge < -0.3 is 14.8 Å². The molecule has 5 heteroatoms. The van der Waals surface area contributed by atoms with Gasteiger partial charge in [0.05, 0.1) is 0 Å². The summed E-state index contributed by atoms with van der Waals surface area (Å²) in [5.74, 6) is -0.217. The molecule has 1 amide bonds. The number of anilines is 1. The fourth-order valence-electron chi connectivity index (χ4n) is 2.52. The van der Waals surface area contributed by atoms with Crippen molar-refractivity contribution < 1.29 is 9.59 Å². The second kappa shape index (κ2) is 7.13. The molecular weight excluding hydrogens is 290 g/mol. The van der Waals surface area contributed by atoms with E-state index in [1.807, 2.05) is 44.3 Å². The molecule has 1 heterocycles. The maximum Gasteiger partial charge on any atom is 0.268 e. The third kappa shape index (κ3) is 4.22. The fourth-order valence-corrected chi connectivity index (χ4v) is 2.52. The Balaban J connectivity index is 1.98. The minimum atomic E-state index is -0.172. The fraction of sp³-hybridized carbons (Fsp3) is 0.333. The van der Waals surface area contributed by atoms with Crippen molar-refractivity contribution in [3.63, 3.8) is 0 Å². The average molecular weight is 313 g/mol. The molecule has 1 aromatic carbocycles. The van der Waals surface area contributed by atoms with Gasteiger partial charge in [-0.3, -0.25) is 9.59 Å². The highest BCUT2D eigenvalue weighted by atomic mass is 16.2. The number of benzene rings is 1. The first-order chi connectivity index (χ1) is 10.9. The van der Waals surface area contributed by atoms with E-state index in [0.717, 1.165) is 5.69 Å². The summed E-state index contributed by atoms with van der Waals surface area (Å²) in [4.78, 5) is 25.9. The van der Waals surface area contributed by atoms with Gasteiger partial charge >= 0.3 is 0 Å². The molecule has 0 saturated heterocycles. The number of likely N-dealkylation sites (N-methyl/N-ethyl adjacent to an activating group) is 1. The number of aromatic nitrogens is 1. The van der Waals surface area contributed by atoms with Crippen molar-refractivity contribution in [3.05, 3.63) is 53.9 Å². The van der Waals surface area contributed by atoms with Crippen LogP contribution in [0.3, 0.4) is 0 Å². The quantitative estimate of drug-likeness (QED) is 0.834. The molecule has 0 fully saturated rings. The summed E-state index contributed by atoms with van der Waals surface area (Å²) >= 11 is 0. The second-order valence-corrected chi connectivity index (χ2v) is 5.87. The van der Waals surface area contributed by atoms with Crippen LogP contribution in [0.4, 0.5) is 5.69 Å². The molecule has 0 saturated carbocycles. The molecular formula is C18H23N3O2. The normalized spacial score (nSPS) is 11.8. The van der Waals surface area contributed by atoms with E-state index < -0.39 is 0 Å². The molecule has 5 nitrogen and oxygen atoms in total. The van der Waals surface area contributed by atoms with Crippen LogP contribution in [0.25, 0.3) is 0 Å². The molecule has 0 aliphatic carbocycles. The summed E-state index contributed by atoms with van der Waals surface area (Å²) in [7, 11) is 3.76. The van der Waals surface area contributed by atoms with Gasteiger partial charge in [-0.15, -0.1) is 0 Å². The van der Waals surface area contributed by atoms with Gasteiger partial charge in [0.1, 0.15) is 5.69 Å². The number of aryl methyl sites for hydroxylation is 1. The van der Waals surface area contributed by atoms with E-state index in [-0.39, 0.29) is 17.7 Å². The minimum Gasteiger partial charge on any atom is -0.373 e. The molecule has 0 radical (unpaired) electrons. The lowest BCUT2D eigenvalue weighted by Gasteiger charge is -2.24. The number of nitrogens with one attached hydrogen (secondary N) is 1. The molecule has 0 aliphatic rings. The van der Waals surface area contributed by atoms with Crippen LogP contribution in [0.5, 0.6) is 0 Å². The smallest absolute Gasteiger partial charge is 0.268 e. The number of ketones is 1. The van der Waals surface area contributed by atoms with Crippen molar-refractivity contribution in [2.75, 3.05) is 18.5 Å². The first-order valence-corrected chi connectivity index (χ1v) is 7.63. The summed E-state index contributed by atoms with van der Waals surface area (Å²) in [5.41, 5.74) is 2.14. The highest BCUT2D eigenvalue weighted by Crippen LogP contribution is 2.12. The maximum atomic E-state index is 12.4. The maximum absolute atomic E-state index is 12.4. The minimum absolute atomic E-state index is 0.0246. The summed E-state index contributed by atoms with van der Waals surface area (Å²) in [6.07, 6.45) is 1.68. The number of nitrogens with zero attached hydrogens (tertiary/aromatic N) is 2. The molecule has 1 aromatic heterocycles. The zero-order valence-corrected chi connectivity index (χ0v) is 14.0. The standard InChI is InChI=1S/C18H23N3O2/c1-13(11-20(3)16-8-6-5-7-9-16)19-18(23)17-10-15(14(2)22)12-21(17)4/h5-10,12-13H,11H2,1-4H3,(H,19,23)/t13-/m0/s1. The van der Waals surface area contributed by atoms with E-state index >= 15 is 0 Å². The number of hydrogen-bond donors (Lipinski definition) is 1. The summed E-state index contributed by atoms with van der Waals surface area (Å²) < 4.78 is 1.68. The Morgan fingerprint density at radius 3 is 2.48 bits per heavy atom. The van der Waals surface area contributed by atoms with Crippen LogP contribution < -0.4 is 10.2 Å². The largest absolute Gasteiger partial charge is 0.373 e. The Labute approximate surface area is 136 Å². The topological polar surface area (TPSA) is 54.3 Å². The van der Waals surface area contributed by atoms with Gasteiger partial charge in [0.2, 0.25) is 0 Å². The van der Waals surface area contributed by atoms with Gasteiger partial charge in [-0.2, -0.15) is 0 Å². The van der Waals surface area contributed by atoms with E-state index in [4.69, 9.17) is 0 Å². The molecule has 23 heavy (non-hydrogen) atoms.